The molecule has 0 aliphatic carbocycles. The van der Waals surface area contributed by atoms with Crippen molar-refractivity contribution in [3.63, 3.8) is 0 Å². The molecule has 0 N–H and O–H groups in total. The third-order valence-electron chi connectivity index (χ3n) is 1.28. The third kappa shape index (κ3) is 4.05. The van der Waals surface area contributed by atoms with Gasteiger partial charge in [-0.3, -0.25) is 4.18 Å². The molecule has 13 heavy (non-hydrogen) atoms. The van der Waals surface area contributed by atoms with Crippen molar-refractivity contribution < 1.29 is 17.0 Å². The lowest BCUT2D eigenvalue weighted by atomic mass is 10.5. The monoisotopic (exact) mass is 205 g/mol. The molecule has 74 valence electrons. The van der Waals surface area contributed by atoms with Crippen molar-refractivity contribution in [2.45, 2.75) is 13.3 Å². The van der Waals surface area contributed by atoms with Gasteiger partial charge in [0.25, 0.3) is 10.1 Å². The van der Waals surface area contributed by atoms with Gasteiger partial charge in [0.2, 0.25) is 0 Å². The first-order valence-electron chi connectivity index (χ1n) is 3.73. The van der Waals surface area contributed by atoms with E-state index in [1.807, 2.05) is 0 Å². The van der Waals surface area contributed by atoms with E-state index in [1.165, 1.54) is 0 Å². The SMILES string of the molecule is Cc1cnc(CCOS(C)(=O)=O)o1. The van der Waals surface area contributed by atoms with E-state index in [0.717, 1.165) is 6.26 Å². The van der Waals surface area contributed by atoms with Crippen molar-refractivity contribution in [1.29, 1.82) is 0 Å². The van der Waals surface area contributed by atoms with Gasteiger partial charge >= 0.3 is 0 Å². The Balaban J connectivity index is 2.36. The minimum Gasteiger partial charge on any atom is -0.446 e. The molecule has 0 fully saturated rings. The van der Waals surface area contributed by atoms with Crippen molar-refractivity contribution in [2.75, 3.05) is 12.9 Å². The molecular formula is C7H11NO4S. The molecule has 0 saturated carbocycles. The lowest BCUT2D eigenvalue weighted by molar-refractivity contribution is 0.310. The van der Waals surface area contributed by atoms with Crippen LogP contribution < -0.4 is 0 Å². The first-order chi connectivity index (χ1) is 5.97. The molecule has 0 unspecified atom stereocenters. The number of aromatic nitrogens is 1. The second-order valence-corrected chi connectivity index (χ2v) is 4.28. The predicted molar refractivity (Wildman–Crippen MR) is 45.7 cm³/mol. The zero-order chi connectivity index (χ0) is 9.90. The average Bonchev–Trinajstić information content (AvgIpc) is 2.33. The highest BCUT2D eigenvalue weighted by Crippen LogP contribution is 2.02. The van der Waals surface area contributed by atoms with Crippen LogP contribution >= 0.6 is 0 Å². The van der Waals surface area contributed by atoms with Crippen LogP contribution in [0.15, 0.2) is 10.6 Å². The maximum absolute atomic E-state index is 10.6. The quantitative estimate of drug-likeness (QED) is 0.669. The van der Waals surface area contributed by atoms with E-state index in [1.54, 1.807) is 13.1 Å². The van der Waals surface area contributed by atoms with Crippen molar-refractivity contribution in [3.8, 4) is 0 Å². The van der Waals surface area contributed by atoms with E-state index in [4.69, 9.17) is 4.42 Å². The number of oxazole rings is 1. The summed E-state index contributed by atoms with van der Waals surface area (Å²) in [6, 6.07) is 0. The second-order valence-electron chi connectivity index (χ2n) is 2.64. The first-order valence-corrected chi connectivity index (χ1v) is 5.55. The molecule has 1 heterocycles. The van der Waals surface area contributed by atoms with Crippen LogP contribution in [0.25, 0.3) is 0 Å². The Bertz CT molecular complexity index is 368. The summed E-state index contributed by atoms with van der Waals surface area (Å²) in [5.74, 6) is 1.19. The van der Waals surface area contributed by atoms with Crippen molar-refractivity contribution >= 4 is 10.1 Å². The largest absolute Gasteiger partial charge is 0.446 e. The van der Waals surface area contributed by atoms with Crippen LogP contribution in [0.3, 0.4) is 0 Å². The molecule has 1 aromatic rings. The van der Waals surface area contributed by atoms with E-state index in [9.17, 15) is 8.42 Å². The van der Waals surface area contributed by atoms with E-state index < -0.39 is 10.1 Å². The molecule has 0 bridgehead atoms. The van der Waals surface area contributed by atoms with Crippen LogP contribution in [0.4, 0.5) is 0 Å². The highest BCUT2D eigenvalue weighted by molar-refractivity contribution is 7.85. The van der Waals surface area contributed by atoms with Gasteiger partial charge in [-0.05, 0) is 6.92 Å². The smallest absolute Gasteiger partial charge is 0.264 e. The summed E-state index contributed by atoms with van der Waals surface area (Å²) in [5, 5.41) is 0. The normalized spacial score (nSPS) is 11.8. The zero-order valence-corrected chi connectivity index (χ0v) is 8.30. The topological polar surface area (TPSA) is 69.4 Å². The molecule has 0 radical (unpaired) electrons. The summed E-state index contributed by atoms with van der Waals surface area (Å²) in [6.45, 7) is 1.84. The van der Waals surface area contributed by atoms with Crippen LogP contribution in [0.5, 0.6) is 0 Å². The van der Waals surface area contributed by atoms with E-state index in [0.29, 0.717) is 18.1 Å². The predicted octanol–water partition coefficient (Wildman–Crippen LogP) is 0.502. The Labute approximate surface area is 76.9 Å². The fraction of sp³-hybridized carbons (Fsp3) is 0.571. The lowest BCUT2D eigenvalue weighted by Crippen LogP contribution is -2.06. The Kier molecular flexibility index (Phi) is 3.05. The molecule has 0 amide bonds. The molecule has 1 aromatic heterocycles. The maximum atomic E-state index is 10.6. The molecule has 5 nitrogen and oxygen atoms in total. The van der Waals surface area contributed by atoms with Crippen LogP contribution in [-0.2, 0) is 20.7 Å². The minimum absolute atomic E-state index is 0.0682. The summed E-state index contributed by atoms with van der Waals surface area (Å²) < 4.78 is 30.7. The number of aryl methyl sites for hydroxylation is 1. The Morgan fingerprint density at radius 3 is 2.77 bits per heavy atom. The molecule has 0 aromatic carbocycles. The summed E-state index contributed by atoms with van der Waals surface area (Å²) in [7, 11) is -3.36. The summed E-state index contributed by atoms with van der Waals surface area (Å²) in [4.78, 5) is 3.89. The van der Waals surface area contributed by atoms with Crippen LogP contribution in [-0.4, -0.2) is 26.3 Å². The Morgan fingerprint density at radius 2 is 2.31 bits per heavy atom. The van der Waals surface area contributed by atoms with Crippen molar-refractivity contribution in [2.24, 2.45) is 0 Å². The maximum Gasteiger partial charge on any atom is 0.264 e. The van der Waals surface area contributed by atoms with E-state index >= 15 is 0 Å². The van der Waals surface area contributed by atoms with Gasteiger partial charge in [0.15, 0.2) is 5.89 Å². The van der Waals surface area contributed by atoms with Gasteiger partial charge in [0, 0.05) is 6.42 Å². The Hall–Kier alpha value is -0.880. The zero-order valence-electron chi connectivity index (χ0n) is 7.48. The number of hydrogen-bond acceptors (Lipinski definition) is 5. The summed E-state index contributed by atoms with van der Waals surface area (Å²) in [5.41, 5.74) is 0. The van der Waals surface area contributed by atoms with Gasteiger partial charge < -0.3 is 4.42 Å². The molecule has 0 saturated heterocycles. The molecule has 0 aliphatic heterocycles. The second kappa shape index (κ2) is 3.89. The number of hydrogen-bond donors (Lipinski definition) is 0. The van der Waals surface area contributed by atoms with Gasteiger partial charge in [-0.1, -0.05) is 0 Å². The van der Waals surface area contributed by atoms with Crippen molar-refractivity contribution in [3.05, 3.63) is 17.8 Å². The molecule has 0 aliphatic rings. The minimum atomic E-state index is -3.36. The van der Waals surface area contributed by atoms with Crippen molar-refractivity contribution in [1.82, 2.24) is 4.98 Å². The van der Waals surface area contributed by atoms with E-state index in [-0.39, 0.29) is 6.61 Å². The fourth-order valence-electron chi connectivity index (χ4n) is 0.797. The van der Waals surface area contributed by atoms with E-state index in [2.05, 4.69) is 9.17 Å². The average molecular weight is 205 g/mol. The van der Waals surface area contributed by atoms with Gasteiger partial charge in [0.05, 0.1) is 19.1 Å². The van der Waals surface area contributed by atoms with Gasteiger partial charge in [-0.25, -0.2) is 4.98 Å². The number of rotatable bonds is 4. The fourth-order valence-corrected chi connectivity index (χ4v) is 1.18. The lowest BCUT2D eigenvalue weighted by Gasteiger charge is -1.97. The molecule has 0 atom stereocenters. The molecule has 1 rings (SSSR count). The first kappa shape index (κ1) is 10.2. The highest BCUT2D eigenvalue weighted by atomic mass is 32.2. The van der Waals surface area contributed by atoms with Crippen LogP contribution in [0.1, 0.15) is 11.7 Å². The molecule has 0 spiro atoms. The molecular weight excluding hydrogens is 194 g/mol. The van der Waals surface area contributed by atoms with Crippen LogP contribution in [0.2, 0.25) is 0 Å². The third-order valence-corrected chi connectivity index (χ3v) is 1.88. The van der Waals surface area contributed by atoms with Gasteiger partial charge in [-0.2, -0.15) is 8.42 Å². The summed E-state index contributed by atoms with van der Waals surface area (Å²) >= 11 is 0. The standard InChI is InChI=1S/C7H11NO4S/c1-6-5-8-7(12-6)3-4-11-13(2,9)10/h5H,3-4H2,1-2H3. The van der Waals surface area contributed by atoms with Crippen LogP contribution in [0, 0.1) is 6.92 Å². The highest BCUT2D eigenvalue weighted by Gasteiger charge is 2.04. The molecule has 6 heteroatoms. The summed E-state index contributed by atoms with van der Waals surface area (Å²) in [6.07, 6.45) is 2.95. The van der Waals surface area contributed by atoms with Gasteiger partial charge in [0.1, 0.15) is 5.76 Å². The Morgan fingerprint density at radius 1 is 1.62 bits per heavy atom. The van der Waals surface area contributed by atoms with Gasteiger partial charge in [-0.15, -0.1) is 0 Å². The number of nitrogens with zero attached hydrogens (tertiary/aromatic N) is 1.